The van der Waals surface area contributed by atoms with Crippen LogP contribution in [0.25, 0.3) is 88.4 Å². The third-order valence-corrected chi connectivity index (χ3v) is 16.3. The van der Waals surface area contributed by atoms with E-state index in [-0.39, 0.29) is 6.71 Å². The number of rotatable bonds is 7. The van der Waals surface area contributed by atoms with Crippen molar-refractivity contribution in [1.82, 2.24) is 9.13 Å². The Hall–Kier alpha value is -10.1. The lowest BCUT2D eigenvalue weighted by atomic mass is 9.33. The average Bonchev–Trinajstić information content (AvgIpc) is 4.27. The first kappa shape index (κ1) is 43.3. The van der Waals surface area contributed by atoms with Crippen LogP contribution in [-0.4, -0.2) is 15.8 Å². The van der Waals surface area contributed by atoms with E-state index in [0.29, 0.717) is 0 Å². The van der Waals surface area contributed by atoms with E-state index in [4.69, 9.17) is 0 Å². The molecule has 0 saturated carbocycles. The van der Waals surface area contributed by atoms with Gasteiger partial charge in [0.15, 0.2) is 0 Å². The molecule has 358 valence electrons. The molecule has 4 nitrogen and oxygen atoms in total. The van der Waals surface area contributed by atoms with Gasteiger partial charge < -0.3 is 18.9 Å². The minimum atomic E-state index is -0.126. The van der Waals surface area contributed by atoms with Crippen LogP contribution in [0.5, 0.6) is 0 Å². The van der Waals surface area contributed by atoms with Crippen molar-refractivity contribution in [2.75, 3.05) is 9.80 Å². The molecule has 4 heterocycles. The summed E-state index contributed by atoms with van der Waals surface area (Å²) in [5, 5.41) is 4.90. The fourth-order valence-electron chi connectivity index (χ4n) is 12.9. The number of anilines is 6. The Morgan fingerprint density at radius 3 is 1.34 bits per heavy atom. The second kappa shape index (κ2) is 17.2. The van der Waals surface area contributed by atoms with Crippen LogP contribution in [0.3, 0.4) is 0 Å². The normalized spacial score (nSPS) is 12.6. The Morgan fingerprint density at radius 1 is 0.247 bits per heavy atom. The molecule has 2 aliphatic heterocycles. The van der Waals surface area contributed by atoms with Crippen LogP contribution in [0.4, 0.5) is 34.1 Å². The molecule has 0 amide bonds. The Balaban J connectivity index is 1.07. The van der Waals surface area contributed by atoms with Crippen molar-refractivity contribution in [2.24, 2.45) is 0 Å². The van der Waals surface area contributed by atoms with Crippen LogP contribution >= 0.6 is 0 Å². The fourth-order valence-corrected chi connectivity index (χ4v) is 12.9. The molecule has 0 N–H and O–H groups in total. The molecule has 77 heavy (non-hydrogen) atoms. The topological polar surface area (TPSA) is 16.3 Å². The van der Waals surface area contributed by atoms with Crippen molar-refractivity contribution in [2.45, 2.75) is 0 Å². The summed E-state index contributed by atoms with van der Waals surface area (Å²) in [5.74, 6) is 0. The van der Waals surface area contributed by atoms with Crippen LogP contribution in [0.1, 0.15) is 0 Å². The molecule has 16 rings (SSSR count). The summed E-state index contributed by atoms with van der Waals surface area (Å²) >= 11 is 0. The molecule has 12 aromatic carbocycles. The highest BCUT2D eigenvalue weighted by Gasteiger charge is 2.45. The lowest BCUT2D eigenvalue weighted by molar-refractivity contribution is 1.16. The summed E-state index contributed by atoms with van der Waals surface area (Å²) < 4.78 is 4.96. The molecule has 0 unspecified atom stereocenters. The van der Waals surface area contributed by atoms with E-state index in [1.807, 2.05) is 0 Å². The molecule has 5 heteroatoms. The zero-order chi connectivity index (χ0) is 50.6. The van der Waals surface area contributed by atoms with Crippen molar-refractivity contribution < 1.29 is 0 Å². The SMILES string of the molecule is c1ccc(-c2ccc(N3c4cc(-n5c6ccccc6c6ccccc65)cc5c4B(c4ccc(-c6ccccc6)cc4N5c4cccc(-c5ccccc5)c4)c4ccc5c(c43)c3ccccc3n5-c3ccccc3)cc2)cc1. The fraction of sp³-hybridized carbons (Fsp3) is 0. The summed E-state index contributed by atoms with van der Waals surface area (Å²) in [6, 6.07) is 105. The molecular weight excluding hydrogens is 932 g/mol. The maximum absolute atomic E-state index is 2.61. The molecule has 0 atom stereocenters. The standard InChI is InChI=1S/C72H47BN4/c1-5-20-48(21-6-1)51-36-39-55(40-37-51)77-69-47-57(76-63-33-16-13-30-58(63)59-31-14-17-34-64(59)76)46-68-71(69)73(62-42-43-66-70(72(62)77)60-32-15-18-35-65(60)74(66)54-27-11-4-12-28-54)61-41-38-53(50-24-9-3-10-25-50)45-67(61)75(68)56-29-19-26-52(44-56)49-22-7-2-8-23-49/h1-47H. The molecular formula is C72H47BN4. The van der Waals surface area contributed by atoms with Gasteiger partial charge in [-0.1, -0.05) is 206 Å². The largest absolute Gasteiger partial charge is 0.311 e. The summed E-state index contributed by atoms with van der Waals surface area (Å²) in [6.45, 7) is -0.126. The first-order valence-corrected chi connectivity index (χ1v) is 26.6. The number of para-hydroxylation sites is 4. The molecule has 2 aliphatic rings. The first-order chi connectivity index (χ1) is 38.2. The summed E-state index contributed by atoms with van der Waals surface area (Å²) in [5.41, 5.74) is 24.6. The molecule has 0 aliphatic carbocycles. The Labute approximate surface area is 447 Å². The van der Waals surface area contributed by atoms with Crippen molar-refractivity contribution in [3.05, 3.63) is 285 Å². The summed E-state index contributed by atoms with van der Waals surface area (Å²) in [4.78, 5) is 5.19. The lowest BCUT2D eigenvalue weighted by Gasteiger charge is -2.45. The molecule has 0 spiro atoms. The number of benzene rings is 12. The highest BCUT2D eigenvalue weighted by atomic mass is 15.2. The van der Waals surface area contributed by atoms with Crippen LogP contribution in [-0.2, 0) is 0 Å². The number of nitrogens with zero attached hydrogens (tertiary/aromatic N) is 4. The highest BCUT2D eigenvalue weighted by Crippen LogP contribution is 2.50. The van der Waals surface area contributed by atoms with Crippen LogP contribution in [0, 0.1) is 0 Å². The van der Waals surface area contributed by atoms with Crippen LogP contribution in [0.15, 0.2) is 285 Å². The van der Waals surface area contributed by atoms with Crippen molar-refractivity contribution in [1.29, 1.82) is 0 Å². The molecule has 0 fully saturated rings. The van der Waals surface area contributed by atoms with Gasteiger partial charge in [-0.3, -0.25) is 0 Å². The van der Waals surface area contributed by atoms with Gasteiger partial charge in [-0.15, -0.1) is 0 Å². The Morgan fingerprint density at radius 2 is 0.701 bits per heavy atom. The number of hydrogen-bond donors (Lipinski definition) is 0. The van der Waals surface area contributed by atoms with E-state index < -0.39 is 0 Å². The number of fused-ring (bicyclic) bond motifs is 11. The van der Waals surface area contributed by atoms with E-state index >= 15 is 0 Å². The number of hydrogen-bond acceptors (Lipinski definition) is 2. The molecule has 0 radical (unpaired) electrons. The van der Waals surface area contributed by atoms with Gasteiger partial charge in [0.25, 0.3) is 6.71 Å². The molecule has 0 saturated heterocycles. The minimum absolute atomic E-state index is 0.126. The zero-order valence-corrected chi connectivity index (χ0v) is 42.0. The van der Waals surface area contributed by atoms with Gasteiger partial charge in [0.1, 0.15) is 0 Å². The second-order valence-electron chi connectivity index (χ2n) is 20.4. The van der Waals surface area contributed by atoms with E-state index in [1.54, 1.807) is 0 Å². The number of aromatic nitrogens is 2. The predicted octanol–water partition coefficient (Wildman–Crippen LogP) is 17.0. The Bertz CT molecular complexity index is 4570. The Kier molecular flexibility index (Phi) is 9.70. The highest BCUT2D eigenvalue weighted by molar-refractivity contribution is 7.00. The maximum Gasteiger partial charge on any atom is 0.252 e. The second-order valence-corrected chi connectivity index (χ2v) is 20.4. The van der Waals surface area contributed by atoms with Gasteiger partial charge >= 0.3 is 0 Å². The van der Waals surface area contributed by atoms with Crippen LogP contribution < -0.4 is 26.2 Å². The smallest absolute Gasteiger partial charge is 0.252 e. The average molecular weight is 979 g/mol. The molecule has 0 bridgehead atoms. The van der Waals surface area contributed by atoms with Gasteiger partial charge in [0.05, 0.1) is 33.4 Å². The summed E-state index contributed by atoms with van der Waals surface area (Å²) in [7, 11) is 0. The van der Waals surface area contributed by atoms with E-state index in [0.717, 1.165) is 39.8 Å². The minimum Gasteiger partial charge on any atom is -0.311 e. The quantitative estimate of drug-likeness (QED) is 0.148. The third kappa shape index (κ3) is 6.67. The van der Waals surface area contributed by atoms with E-state index in [9.17, 15) is 0 Å². The van der Waals surface area contributed by atoms with Crippen molar-refractivity contribution in [3.8, 4) is 44.8 Å². The van der Waals surface area contributed by atoms with Gasteiger partial charge in [-0.2, -0.15) is 0 Å². The van der Waals surface area contributed by atoms with Crippen molar-refractivity contribution >= 4 is 101 Å². The predicted molar refractivity (Wildman–Crippen MR) is 325 cm³/mol. The maximum atomic E-state index is 2.61. The van der Waals surface area contributed by atoms with Gasteiger partial charge in [0, 0.05) is 55.7 Å². The van der Waals surface area contributed by atoms with Gasteiger partial charge in [-0.05, 0) is 129 Å². The lowest BCUT2D eigenvalue weighted by Crippen LogP contribution is -2.61. The molecule has 14 aromatic rings. The third-order valence-electron chi connectivity index (χ3n) is 16.3. The van der Waals surface area contributed by atoms with Gasteiger partial charge in [0.2, 0.25) is 0 Å². The first-order valence-electron chi connectivity index (χ1n) is 26.6. The van der Waals surface area contributed by atoms with E-state index in [2.05, 4.69) is 304 Å². The summed E-state index contributed by atoms with van der Waals surface area (Å²) in [6.07, 6.45) is 0. The molecule has 2 aromatic heterocycles. The monoisotopic (exact) mass is 978 g/mol. The van der Waals surface area contributed by atoms with Crippen molar-refractivity contribution in [3.63, 3.8) is 0 Å². The van der Waals surface area contributed by atoms with Gasteiger partial charge in [-0.25, -0.2) is 0 Å². The van der Waals surface area contributed by atoms with E-state index in [1.165, 1.54) is 99.1 Å². The zero-order valence-electron chi connectivity index (χ0n) is 42.0. The van der Waals surface area contributed by atoms with Crippen LogP contribution in [0.2, 0.25) is 0 Å².